The third kappa shape index (κ3) is 3.26. The van der Waals surface area contributed by atoms with Gasteiger partial charge >= 0.3 is 0 Å². The van der Waals surface area contributed by atoms with Crippen molar-refractivity contribution in [1.82, 2.24) is 4.98 Å². The molecule has 0 N–H and O–H groups in total. The van der Waals surface area contributed by atoms with Gasteiger partial charge in [-0.05, 0) is 29.8 Å². The summed E-state index contributed by atoms with van der Waals surface area (Å²) in [4.78, 5) is 3.80. The molecular formula is C13H7BrF2N2O. The molecule has 0 radical (unpaired) electrons. The number of nitrogens with zero attached hydrogens (tertiary/aromatic N) is 2. The molecule has 0 saturated carbocycles. The van der Waals surface area contributed by atoms with Crippen LogP contribution in [-0.4, -0.2) is 4.98 Å². The van der Waals surface area contributed by atoms with Crippen LogP contribution in [0.5, 0.6) is 5.75 Å². The van der Waals surface area contributed by atoms with Crippen LogP contribution < -0.4 is 4.74 Å². The molecule has 0 saturated heterocycles. The topological polar surface area (TPSA) is 45.9 Å². The van der Waals surface area contributed by atoms with Gasteiger partial charge in [-0.3, -0.25) is 0 Å². The molecule has 0 aliphatic carbocycles. The molecule has 2 aromatic rings. The summed E-state index contributed by atoms with van der Waals surface area (Å²) in [6, 6.07) is 7.39. The molecule has 0 bridgehead atoms. The van der Waals surface area contributed by atoms with Gasteiger partial charge in [-0.15, -0.1) is 0 Å². The van der Waals surface area contributed by atoms with Crippen LogP contribution in [0.3, 0.4) is 0 Å². The maximum Gasteiger partial charge on any atom is 0.200 e. The lowest BCUT2D eigenvalue weighted by Gasteiger charge is -2.08. The van der Waals surface area contributed by atoms with Gasteiger partial charge < -0.3 is 4.74 Å². The van der Waals surface area contributed by atoms with Crippen LogP contribution in [0.4, 0.5) is 8.78 Å². The summed E-state index contributed by atoms with van der Waals surface area (Å²) >= 11 is 3.06. The summed E-state index contributed by atoms with van der Waals surface area (Å²) < 4.78 is 32.2. The minimum atomic E-state index is -1.04. The second-order valence-corrected chi connectivity index (χ2v) is 4.57. The Morgan fingerprint density at radius 1 is 1.32 bits per heavy atom. The summed E-state index contributed by atoms with van der Waals surface area (Å²) in [6.45, 7) is 0.0179. The number of hydrogen-bond acceptors (Lipinski definition) is 3. The number of benzene rings is 1. The Morgan fingerprint density at radius 2 is 2.11 bits per heavy atom. The molecule has 6 heteroatoms. The van der Waals surface area contributed by atoms with Crippen LogP contribution in [-0.2, 0) is 6.61 Å². The fourth-order valence-corrected chi connectivity index (χ4v) is 1.83. The molecule has 0 spiro atoms. The van der Waals surface area contributed by atoms with Gasteiger partial charge in [-0.25, -0.2) is 9.37 Å². The summed E-state index contributed by atoms with van der Waals surface area (Å²) in [5, 5.41) is 8.70. The van der Waals surface area contributed by atoms with Crippen molar-refractivity contribution in [2.75, 3.05) is 0 Å². The fraction of sp³-hybridized carbons (Fsp3) is 0.0769. The molecule has 19 heavy (non-hydrogen) atoms. The first-order valence-corrected chi connectivity index (χ1v) is 6.02. The molecule has 0 unspecified atom stereocenters. The predicted octanol–water partition coefficient (Wildman–Crippen LogP) is 3.57. The van der Waals surface area contributed by atoms with Gasteiger partial charge in [0.2, 0.25) is 5.82 Å². The van der Waals surface area contributed by atoms with E-state index in [2.05, 4.69) is 20.9 Å². The first kappa shape index (κ1) is 13.4. The van der Waals surface area contributed by atoms with Gasteiger partial charge in [0.15, 0.2) is 11.6 Å². The molecule has 1 aromatic carbocycles. The summed E-state index contributed by atoms with van der Waals surface area (Å²) in [6.07, 6.45) is 1.45. The Kier molecular flexibility index (Phi) is 4.07. The lowest BCUT2D eigenvalue weighted by atomic mass is 10.2. The molecule has 0 amide bonds. The van der Waals surface area contributed by atoms with Gasteiger partial charge in [0.05, 0.1) is 0 Å². The molecule has 0 atom stereocenters. The molecule has 0 aliphatic rings. The maximum absolute atomic E-state index is 13.4. The monoisotopic (exact) mass is 324 g/mol. The van der Waals surface area contributed by atoms with Crippen molar-refractivity contribution in [3.05, 3.63) is 57.8 Å². The largest absolute Gasteiger partial charge is 0.486 e. The van der Waals surface area contributed by atoms with Crippen molar-refractivity contribution >= 4 is 15.9 Å². The van der Waals surface area contributed by atoms with Gasteiger partial charge in [-0.1, -0.05) is 15.9 Å². The highest BCUT2D eigenvalue weighted by Gasteiger charge is 2.11. The SMILES string of the molecule is N#Cc1cc(COc2cc(Br)cc(F)c2F)ccn1. The molecule has 0 aliphatic heterocycles. The number of hydrogen-bond donors (Lipinski definition) is 0. The van der Waals surface area contributed by atoms with E-state index in [0.29, 0.717) is 10.0 Å². The quantitative estimate of drug-likeness (QED) is 0.811. The Balaban J connectivity index is 2.17. The number of nitriles is 1. The van der Waals surface area contributed by atoms with E-state index in [9.17, 15) is 8.78 Å². The highest BCUT2D eigenvalue weighted by Crippen LogP contribution is 2.26. The normalized spacial score (nSPS) is 10.0. The second kappa shape index (κ2) is 5.76. The third-order valence-electron chi connectivity index (χ3n) is 2.29. The fourth-order valence-electron chi connectivity index (χ4n) is 1.42. The minimum absolute atomic E-state index is 0.0179. The van der Waals surface area contributed by atoms with E-state index in [1.165, 1.54) is 18.3 Å². The molecule has 1 aromatic heterocycles. The van der Waals surface area contributed by atoms with Crippen molar-refractivity contribution in [1.29, 1.82) is 5.26 Å². The zero-order valence-corrected chi connectivity index (χ0v) is 11.1. The van der Waals surface area contributed by atoms with E-state index in [4.69, 9.17) is 10.00 Å². The third-order valence-corrected chi connectivity index (χ3v) is 2.75. The first-order valence-electron chi connectivity index (χ1n) is 5.22. The van der Waals surface area contributed by atoms with Crippen LogP contribution in [0.1, 0.15) is 11.3 Å². The highest BCUT2D eigenvalue weighted by molar-refractivity contribution is 9.10. The van der Waals surface area contributed by atoms with Crippen molar-refractivity contribution in [2.45, 2.75) is 6.61 Å². The smallest absolute Gasteiger partial charge is 0.200 e. The second-order valence-electron chi connectivity index (χ2n) is 3.65. The lowest BCUT2D eigenvalue weighted by molar-refractivity contribution is 0.284. The van der Waals surface area contributed by atoms with Crippen LogP contribution in [0, 0.1) is 23.0 Å². The van der Waals surface area contributed by atoms with Crippen LogP contribution in [0.15, 0.2) is 34.9 Å². The standard InChI is InChI=1S/C13H7BrF2N2O/c14-9-4-11(15)13(16)12(5-9)19-7-8-1-2-18-10(3-8)6-17/h1-5H,7H2. The number of ether oxygens (including phenoxy) is 1. The molecule has 3 nitrogen and oxygen atoms in total. The van der Waals surface area contributed by atoms with E-state index in [1.807, 2.05) is 6.07 Å². The first-order chi connectivity index (χ1) is 9.10. The average molecular weight is 325 g/mol. The van der Waals surface area contributed by atoms with E-state index in [0.717, 1.165) is 6.07 Å². The van der Waals surface area contributed by atoms with Gasteiger partial charge in [0, 0.05) is 10.7 Å². The van der Waals surface area contributed by atoms with E-state index in [-0.39, 0.29) is 18.1 Å². The van der Waals surface area contributed by atoms with E-state index >= 15 is 0 Å². The molecule has 1 heterocycles. The summed E-state index contributed by atoms with van der Waals surface area (Å²) in [5.74, 6) is -2.23. The van der Waals surface area contributed by atoms with Gasteiger partial charge in [0.1, 0.15) is 18.4 Å². The van der Waals surface area contributed by atoms with Crippen molar-refractivity contribution in [3.8, 4) is 11.8 Å². The lowest BCUT2D eigenvalue weighted by Crippen LogP contribution is -2.00. The van der Waals surface area contributed by atoms with Gasteiger partial charge in [0.25, 0.3) is 0 Å². The molecule has 0 fully saturated rings. The Morgan fingerprint density at radius 3 is 2.84 bits per heavy atom. The van der Waals surface area contributed by atoms with Crippen molar-refractivity contribution in [2.24, 2.45) is 0 Å². The predicted molar refractivity (Wildman–Crippen MR) is 67.3 cm³/mol. The Labute approximate surface area is 116 Å². The number of pyridine rings is 1. The highest BCUT2D eigenvalue weighted by atomic mass is 79.9. The minimum Gasteiger partial charge on any atom is -0.486 e. The van der Waals surface area contributed by atoms with Crippen LogP contribution in [0.25, 0.3) is 0 Å². The number of aromatic nitrogens is 1. The summed E-state index contributed by atoms with van der Waals surface area (Å²) in [7, 11) is 0. The number of rotatable bonds is 3. The van der Waals surface area contributed by atoms with Crippen molar-refractivity contribution in [3.63, 3.8) is 0 Å². The summed E-state index contributed by atoms with van der Waals surface area (Å²) in [5.41, 5.74) is 0.883. The molecular weight excluding hydrogens is 318 g/mol. The Bertz CT molecular complexity index is 656. The molecule has 2 rings (SSSR count). The molecule has 96 valence electrons. The van der Waals surface area contributed by atoms with E-state index < -0.39 is 11.6 Å². The Hall–Kier alpha value is -2.00. The van der Waals surface area contributed by atoms with E-state index in [1.54, 1.807) is 6.07 Å². The van der Waals surface area contributed by atoms with Gasteiger partial charge in [-0.2, -0.15) is 9.65 Å². The zero-order chi connectivity index (χ0) is 13.8. The van der Waals surface area contributed by atoms with Crippen LogP contribution >= 0.6 is 15.9 Å². The number of halogens is 3. The van der Waals surface area contributed by atoms with Crippen molar-refractivity contribution < 1.29 is 13.5 Å². The maximum atomic E-state index is 13.4. The zero-order valence-electron chi connectivity index (χ0n) is 9.53. The average Bonchev–Trinajstić information content (AvgIpc) is 2.41. The van der Waals surface area contributed by atoms with Crippen LogP contribution in [0.2, 0.25) is 0 Å².